The highest BCUT2D eigenvalue weighted by Crippen LogP contribution is 2.26. The molecule has 2 unspecified atom stereocenters. The molecule has 220 valence electrons. The first-order valence-electron chi connectivity index (χ1n) is 14.0. The number of unbranched alkanes of at least 4 members (excludes halogenated alkanes) is 3. The van der Waals surface area contributed by atoms with Gasteiger partial charge in [-0.15, -0.1) is 0 Å². The number of amides is 3. The molecule has 0 spiro atoms. The molecule has 0 heterocycles. The van der Waals surface area contributed by atoms with E-state index in [2.05, 4.69) is 17.6 Å². The minimum absolute atomic E-state index is 0.0457. The third kappa shape index (κ3) is 10.8. The maximum absolute atomic E-state index is 14.3. The average molecular weight is 556 g/mol. The monoisotopic (exact) mass is 555 g/mol. The summed E-state index contributed by atoms with van der Waals surface area (Å²) in [5, 5.41) is 25.3. The van der Waals surface area contributed by atoms with Crippen molar-refractivity contribution in [2.24, 2.45) is 0 Å². The number of ether oxygens (including phenoxy) is 1. The molecule has 0 bridgehead atoms. The van der Waals surface area contributed by atoms with Gasteiger partial charge in [-0.25, -0.2) is 4.79 Å². The lowest BCUT2D eigenvalue weighted by molar-refractivity contribution is -0.142. The van der Waals surface area contributed by atoms with Crippen molar-refractivity contribution in [3.8, 4) is 11.5 Å². The Balaban J connectivity index is 2.54. The van der Waals surface area contributed by atoms with Crippen LogP contribution in [-0.4, -0.2) is 57.3 Å². The van der Waals surface area contributed by atoms with Crippen LogP contribution in [0.2, 0.25) is 0 Å². The predicted octanol–water partition coefficient (Wildman–Crippen LogP) is 5.21. The highest BCUT2D eigenvalue weighted by atomic mass is 16.6. The Morgan fingerprint density at radius 3 is 1.98 bits per heavy atom. The van der Waals surface area contributed by atoms with E-state index < -0.39 is 29.7 Å². The number of phenols is 2. The fraction of sp³-hybridized carbons (Fsp3) is 0.516. The molecule has 9 heteroatoms. The first-order chi connectivity index (χ1) is 18.8. The van der Waals surface area contributed by atoms with Gasteiger partial charge in [0.2, 0.25) is 11.8 Å². The number of nitrogens with zero attached hydrogens (tertiary/aromatic N) is 1. The summed E-state index contributed by atoms with van der Waals surface area (Å²) in [5.74, 6) is -0.663. The van der Waals surface area contributed by atoms with Crippen molar-refractivity contribution >= 4 is 17.9 Å². The van der Waals surface area contributed by atoms with Gasteiger partial charge in [-0.1, -0.05) is 50.5 Å². The van der Waals surface area contributed by atoms with Gasteiger partial charge in [-0.2, -0.15) is 0 Å². The number of alkyl carbamates (subject to hydrolysis) is 1. The van der Waals surface area contributed by atoms with Crippen LogP contribution in [0.4, 0.5) is 4.79 Å². The Kier molecular flexibility index (Phi) is 12.3. The zero-order valence-electron chi connectivity index (χ0n) is 24.6. The first kappa shape index (κ1) is 32.5. The molecule has 0 aromatic heterocycles. The molecule has 4 N–H and O–H groups in total. The number of hydrogen-bond donors (Lipinski definition) is 4. The quantitative estimate of drug-likeness (QED) is 0.251. The van der Waals surface area contributed by atoms with E-state index in [-0.39, 0.29) is 36.4 Å². The van der Waals surface area contributed by atoms with E-state index in [0.717, 1.165) is 19.3 Å². The molecule has 40 heavy (non-hydrogen) atoms. The minimum atomic E-state index is -1.04. The molecule has 0 aliphatic rings. The second kappa shape index (κ2) is 15.1. The van der Waals surface area contributed by atoms with E-state index in [0.29, 0.717) is 17.5 Å². The van der Waals surface area contributed by atoms with Crippen LogP contribution >= 0.6 is 0 Å². The van der Waals surface area contributed by atoms with Crippen LogP contribution in [0.5, 0.6) is 11.5 Å². The topological polar surface area (TPSA) is 128 Å². The molecule has 9 nitrogen and oxygen atoms in total. The fourth-order valence-corrected chi connectivity index (χ4v) is 4.29. The maximum atomic E-state index is 14.3. The number of rotatable bonds is 13. The number of phenolic OH excluding ortho intramolecular Hbond substituents is 2. The molecular formula is C31H45N3O6. The number of nitrogens with one attached hydrogen (secondary N) is 2. The summed E-state index contributed by atoms with van der Waals surface area (Å²) in [6.45, 7) is 11.3. The Labute approximate surface area is 237 Å². The van der Waals surface area contributed by atoms with Gasteiger partial charge >= 0.3 is 6.09 Å². The summed E-state index contributed by atoms with van der Waals surface area (Å²) in [6.07, 6.45) is 2.91. The summed E-state index contributed by atoms with van der Waals surface area (Å²) in [7, 11) is 0. The lowest BCUT2D eigenvalue weighted by Crippen LogP contribution is -2.54. The van der Waals surface area contributed by atoms with Gasteiger partial charge in [0.15, 0.2) is 0 Å². The van der Waals surface area contributed by atoms with Gasteiger partial charge in [0.25, 0.3) is 0 Å². The second-order valence-electron chi connectivity index (χ2n) is 11.3. The standard InChI is InChI=1S/C31H45N3O6/c1-7-8-9-10-19-34(27(28(37)32-21(2)3)23-13-17-25(36)18-14-23)29(38)26(33-30(39)40-31(4,5)6)20-22-11-15-24(35)16-12-22/h11-18,21,26-27,35-36H,7-10,19-20H2,1-6H3,(H,32,37)(H,33,39). The molecule has 0 fully saturated rings. The molecule has 2 aromatic carbocycles. The smallest absolute Gasteiger partial charge is 0.408 e. The van der Waals surface area contributed by atoms with Crippen molar-refractivity contribution < 1.29 is 29.3 Å². The van der Waals surface area contributed by atoms with Crippen LogP contribution in [0, 0.1) is 0 Å². The molecular weight excluding hydrogens is 510 g/mol. The van der Waals surface area contributed by atoms with Crippen molar-refractivity contribution in [1.82, 2.24) is 15.5 Å². The zero-order valence-corrected chi connectivity index (χ0v) is 24.6. The lowest BCUT2D eigenvalue weighted by Gasteiger charge is -2.35. The Morgan fingerprint density at radius 2 is 1.45 bits per heavy atom. The largest absolute Gasteiger partial charge is 0.508 e. The SMILES string of the molecule is CCCCCCN(C(=O)C(Cc1ccc(O)cc1)NC(=O)OC(C)(C)C)C(C(=O)NC(C)C)c1ccc(O)cc1. The first-order valence-corrected chi connectivity index (χ1v) is 14.0. The van der Waals surface area contributed by atoms with Gasteiger partial charge in [0.1, 0.15) is 29.2 Å². The zero-order chi connectivity index (χ0) is 29.9. The van der Waals surface area contributed by atoms with E-state index in [1.807, 2.05) is 13.8 Å². The Morgan fingerprint density at radius 1 is 0.875 bits per heavy atom. The summed E-state index contributed by atoms with van der Waals surface area (Å²) in [4.78, 5) is 42.3. The van der Waals surface area contributed by atoms with E-state index in [9.17, 15) is 24.6 Å². The number of carbonyl (C=O) groups is 3. The Hall–Kier alpha value is -3.75. The highest BCUT2D eigenvalue weighted by Gasteiger charge is 2.36. The van der Waals surface area contributed by atoms with Crippen molar-refractivity contribution in [2.45, 2.75) is 97.4 Å². The predicted molar refractivity (Wildman–Crippen MR) is 155 cm³/mol. The van der Waals surface area contributed by atoms with E-state index in [1.165, 1.54) is 29.2 Å². The van der Waals surface area contributed by atoms with Gasteiger partial charge in [0.05, 0.1) is 0 Å². The van der Waals surface area contributed by atoms with Crippen LogP contribution in [0.15, 0.2) is 48.5 Å². The minimum Gasteiger partial charge on any atom is -0.508 e. The molecule has 2 rings (SSSR count). The van der Waals surface area contributed by atoms with Gasteiger partial charge < -0.3 is 30.5 Å². The van der Waals surface area contributed by atoms with Crippen molar-refractivity contribution in [3.63, 3.8) is 0 Å². The molecule has 2 aromatic rings. The average Bonchev–Trinajstić information content (AvgIpc) is 2.85. The summed E-state index contributed by atoms with van der Waals surface area (Å²) < 4.78 is 5.46. The van der Waals surface area contributed by atoms with Crippen LogP contribution < -0.4 is 10.6 Å². The summed E-state index contributed by atoms with van der Waals surface area (Å²) in [5.41, 5.74) is 0.480. The molecule has 0 aliphatic carbocycles. The van der Waals surface area contributed by atoms with E-state index in [4.69, 9.17) is 4.74 Å². The number of hydrogen-bond acceptors (Lipinski definition) is 6. The molecule has 3 amide bonds. The number of aromatic hydroxyl groups is 2. The van der Waals surface area contributed by atoms with Crippen LogP contribution in [-0.2, 0) is 20.7 Å². The molecule has 0 saturated heterocycles. The summed E-state index contributed by atoms with van der Waals surface area (Å²) >= 11 is 0. The highest BCUT2D eigenvalue weighted by molar-refractivity contribution is 5.92. The number of benzene rings is 2. The third-order valence-corrected chi connectivity index (χ3v) is 6.10. The number of carbonyl (C=O) groups excluding carboxylic acids is 3. The van der Waals surface area contributed by atoms with Gasteiger partial charge in [0, 0.05) is 19.0 Å². The van der Waals surface area contributed by atoms with Gasteiger partial charge in [-0.05, 0) is 76.4 Å². The second-order valence-corrected chi connectivity index (χ2v) is 11.3. The lowest BCUT2D eigenvalue weighted by atomic mass is 9.99. The fourth-order valence-electron chi connectivity index (χ4n) is 4.29. The van der Waals surface area contributed by atoms with Crippen molar-refractivity contribution in [2.75, 3.05) is 6.54 Å². The molecule has 0 saturated carbocycles. The molecule has 2 atom stereocenters. The summed E-state index contributed by atoms with van der Waals surface area (Å²) in [6, 6.07) is 10.4. The molecule has 0 aliphatic heterocycles. The Bertz CT molecular complexity index is 1090. The van der Waals surface area contributed by atoms with Gasteiger partial charge in [-0.3, -0.25) is 9.59 Å². The normalized spacial score (nSPS) is 12.9. The molecule has 0 radical (unpaired) electrons. The van der Waals surface area contributed by atoms with Crippen LogP contribution in [0.3, 0.4) is 0 Å². The van der Waals surface area contributed by atoms with Crippen LogP contribution in [0.1, 0.15) is 84.4 Å². The van der Waals surface area contributed by atoms with E-state index >= 15 is 0 Å². The van der Waals surface area contributed by atoms with Crippen molar-refractivity contribution in [1.29, 1.82) is 0 Å². The third-order valence-electron chi connectivity index (χ3n) is 6.10. The maximum Gasteiger partial charge on any atom is 0.408 e. The van der Waals surface area contributed by atoms with E-state index in [1.54, 1.807) is 45.0 Å². The van der Waals surface area contributed by atoms with Crippen LogP contribution in [0.25, 0.3) is 0 Å². The van der Waals surface area contributed by atoms with Crippen molar-refractivity contribution in [3.05, 3.63) is 59.7 Å².